The lowest BCUT2D eigenvalue weighted by Crippen LogP contribution is -2.31. The molecule has 5 rings (SSSR count). The molecule has 32 heavy (non-hydrogen) atoms. The number of rotatable bonds is 3. The van der Waals surface area contributed by atoms with Gasteiger partial charge in [-0.05, 0) is 43.0 Å². The van der Waals surface area contributed by atoms with E-state index in [-0.39, 0.29) is 17.6 Å². The van der Waals surface area contributed by atoms with E-state index in [1.54, 1.807) is 36.5 Å². The van der Waals surface area contributed by atoms with E-state index in [1.165, 1.54) is 29.4 Å². The summed E-state index contributed by atoms with van der Waals surface area (Å²) < 4.78 is 2.18. The normalized spacial score (nSPS) is 12.8. The minimum atomic E-state index is -0.428. The van der Waals surface area contributed by atoms with Gasteiger partial charge in [0, 0.05) is 30.7 Å². The summed E-state index contributed by atoms with van der Waals surface area (Å²) in [4.78, 5) is 38.6. The Morgan fingerprint density at radius 3 is 2.84 bits per heavy atom. The molecule has 0 spiro atoms. The van der Waals surface area contributed by atoms with Crippen molar-refractivity contribution in [3.8, 4) is 17.8 Å². The summed E-state index contributed by atoms with van der Waals surface area (Å²) in [5.41, 5.74) is 0.886. The highest BCUT2D eigenvalue weighted by Crippen LogP contribution is 2.19. The quantitative estimate of drug-likeness (QED) is 0.299. The Balaban J connectivity index is 1.60. The van der Waals surface area contributed by atoms with E-state index >= 15 is 0 Å². The Kier molecular flexibility index (Phi) is 4.80. The number of hydrogen-bond donors (Lipinski definition) is 1. The molecule has 0 aromatic carbocycles. The van der Waals surface area contributed by atoms with Gasteiger partial charge in [0.2, 0.25) is 11.4 Å². The van der Waals surface area contributed by atoms with Gasteiger partial charge in [-0.25, -0.2) is 15.0 Å². The molecule has 0 bridgehead atoms. The SMILES string of the molecule is O=C(NC1CC1)c1cn(-c2nccc(C#Cc3ccc[n+]([O-])c3)n2)c2ncccc2c1=O. The van der Waals surface area contributed by atoms with E-state index in [1.807, 2.05) is 0 Å². The number of hydrogen-bond acceptors (Lipinski definition) is 6. The van der Waals surface area contributed by atoms with Crippen molar-refractivity contribution >= 4 is 16.9 Å². The average molecular weight is 424 g/mol. The van der Waals surface area contributed by atoms with Crippen LogP contribution in [0.5, 0.6) is 0 Å². The second-order valence-electron chi connectivity index (χ2n) is 7.31. The molecule has 0 atom stereocenters. The van der Waals surface area contributed by atoms with Crippen molar-refractivity contribution in [3.63, 3.8) is 0 Å². The Bertz CT molecular complexity index is 1480. The van der Waals surface area contributed by atoms with Gasteiger partial charge in [0.25, 0.3) is 5.91 Å². The highest BCUT2D eigenvalue weighted by Gasteiger charge is 2.26. The lowest BCUT2D eigenvalue weighted by Gasteiger charge is -2.11. The van der Waals surface area contributed by atoms with E-state index in [4.69, 9.17) is 0 Å². The van der Waals surface area contributed by atoms with Crippen molar-refractivity contribution in [3.05, 3.63) is 93.6 Å². The zero-order valence-corrected chi connectivity index (χ0v) is 16.7. The molecule has 9 heteroatoms. The summed E-state index contributed by atoms with van der Waals surface area (Å²) in [5, 5.41) is 14.5. The first-order valence-corrected chi connectivity index (χ1v) is 9.94. The maximum absolute atomic E-state index is 12.9. The van der Waals surface area contributed by atoms with Crippen LogP contribution in [0.4, 0.5) is 0 Å². The van der Waals surface area contributed by atoms with Crippen molar-refractivity contribution in [1.82, 2.24) is 24.8 Å². The van der Waals surface area contributed by atoms with Gasteiger partial charge in [0.1, 0.15) is 11.3 Å². The molecule has 0 saturated heterocycles. The van der Waals surface area contributed by atoms with Crippen molar-refractivity contribution in [2.75, 3.05) is 0 Å². The van der Waals surface area contributed by atoms with Gasteiger partial charge in [-0.1, -0.05) is 5.92 Å². The fraction of sp³-hybridized carbons (Fsp3) is 0.130. The van der Waals surface area contributed by atoms with Gasteiger partial charge in [0.15, 0.2) is 18.0 Å². The third-order valence-corrected chi connectivity index (χ3v) is 4.89. The van der Waals surface area contributed by atoms with Gasteiger partial charge < -0.3 is 10.5 Å². The molecule has 9 nitrogen and oxygen atoms in total. The van der Waals surface area contributed by atoms with Crippen LogP contribution in [0.2, 0.25) is 0 Å². The molecular weight excluding hydrogens is 408 g/mol. The Morgan fingerprint density at radius 2 is 2.03 bits per heavy atom. The zero-order valence-electron chi connectivity index (χ0n) is 16.7. The predicted octanol–water partition coefficient (Wildman–Crippen LogP) is 1.10. The molecule has 1 amide bonds. The van der Waals surface area contributed by atoms with Gasteiger partial charge in [-0.3, -0.25) is 14.2 Å². The number of carbonyl (C=O) groups excluding carboxylic acids is 1. The van der Waals surface area contributed by atoms with Gasteiger partial charge >= 0.3 is 0 Å². The summed E-state index contributed by atoms with van der Waals surface area (Å²) in [5.74, 6) is 5.57. The third-order valence-electron chi connectivity index (χ3n) is 4.89. The van der Waals surface area contributed by atoms with Crippen LogP contribution in [0.3, 0.4) is 0 Å². The van der Waals surface area contributed by atoms with Crippen LogP contribution in [0.15, 0.2) is 66.1 Å². The average Bonchev–Trinajstić information content (AvgIpc) is 3.62. The maximum atomic E-state index is 12.9. The van der Waals surface area contributed by atoms with E-state index in [0.717, 1.165) is 12.8 Å². The van der Waals surface area contributed by atoms with Gasteiger partial charge in [0.05, 0.1) is 10.9 Å². The molecule has 0 unspecified atom stereocenters. The van der Waals surface area contributed by atoms with Gasteiger partial charge in [-0.15, -0.1) is 0 Å². The molecule has 1 fully saturated rings. The fourth-order valence-corrected chi connectivity index (χ4v) is 3.16. The smallest absolute Gasteiger partial charge is 0.257 e. The number of carbonyl (C=O) groups is 1. The molecule has 1 N–H and O–H groups in total. The van der Waals surface area contributed by atoms with Crippen molar-refractivity contribution in [2.45, 2.75) is 18.9 Å². The standard InChI is InChI=1S/C23H16N6O3/c30-20-18-4-1-10-24-21(18)29(14-19(20)22(31)26-16-7-8-16)23-25-11-9-17(27-23)6-5-15-3-2-12-28(32)13-15/h1-4,9-14,16H,7-8H2,(H,26,31). The monoisotopic (exact) mass is 424 g/mol. The lowest BCUT2D eigenvalue weighted by molar-refractivity contribution is -0.605. The van der Waals surface area contributed by atoms with E-state index < -0.39 is 11.3 Å². The third kappa shape index (κ3) is 3.89. The number of nitrogens with one attached hydrogen (secondary N) is 1. The highest BCUT2D eigenvalue weighted by molar-refractivity contribution is 5.97. The second kappa shape index (κ2) is 7.92. The highest BCUT2D eigenvalue weighted by atomic mass is 16.5. The molecule has 0 aliphatic heterocycles. The molecule has 4 aromatic heterocycles. The summed E-state index contributed by atoms with van der Waals surface area (Å²) in [6.45, 7) is 0. The summed E-state index contributed by atoms with van der Waals surface area (Å²) in [6.07, 6.45) is 9.05. The Hall–Kier alpha value is -4.58. The molecule has 4 heterocycles. The number of aromatic nitrogens is 5. The first-order chi connectivity index (χ1) is 15.6. The summed E-state index contributed by atoms with van der Waals surface area (Å²) in [6, 6.07) is 8.32. The van der Waals surface area contributed by atoms with Crippen molar-refractivity contribution in [1.29, 1.82) is 0 Å². The van der Waals surface area contributed by atoms with E-state index in [9.17, 15) is 14.8 Å². The largest absolute Gasteiger partial charge is 0.619 e. The molecule has 0 radical (unpaired) electrons. The van der Waals surface area contributed by atoms with Crippen LogP contribution in [-0.2, 0) is 0 Å². The lowest BCUT2D eigenvalue weighted by atomic mass is 10.2. The first-order valence-electron chi connectivity index (χ1n) is 9.94. The van der Waals surface area contributed by atoms with Gasteiger partial charge in [-0.2, -0.15) is 4.73 Å². The first kappa shape index (κ1) is 19.4. The molecule has 1 aliphatic rings. The van der Waals surface area contributed by atoms with Crippen molar-refractivity contribution < 1.29 is 9.52 Å². The number of amides is 1. The van der Waals surface area contributed by atoms with Crippen molar-refractivity contribution in [2.24, 2.45) is 0 Å². The van der Waals surface area contributed by atoms with Crippen LogP contribution in [0.1, 0.15) is 34.5 Å². The minimum absolute atomic E-state index is 0.00164. The van der Waals surface area contributed by atoms with Crippen LogP contribution < -0.4 is 15.5 Å². The number of nitrogens with zero attached hydrogens (tertiary/aromatic N) is 5. The molecular formula is C23H16N6O3. The van der Waals surface area contributed by atoms with Crippen LogP contribution in [0, 0.1) is 17.0 Å². The van der Waals surface area contributed by atoms with E-state index in [0.29, 0.717) is 27.0 Å². The topological polar surface area (TPSA) is 117 Å². The maximum Gasteiger partial charge on any atom is 0.257 e. The zero-order chi connectivity index (χ0) is 22.1. The van der Waals surface area contributed by atoms with Crippen LogP contribution in [-0.4, -0.2) is 31.5 Å². The molecule has 156 valence electrons. The minimum Gasteiger partial charge on any atom is -0.619 e. The number of pyridine rings is 3. The van der Waals surface area contributed by atoms with Crippen LogP contribution in [0.25, 0.3) is 17.0 Å². The molecule has 1 aliphatic carbocycles. The summed E-state index contributed by atoms with van der Waals surface area (Å²) in [7, 11) is 0. The molecule has 4 aromatic rings. The second-order valence-corrected chi connectivity index (χ2v) is 7.31. The predicted molar refractivity (Wildman–Crippen MR) is 115 cm³/mol. The van der Waals surface area contributed by atoms with E-state index in [2.05, 4.69) is 32.1 Å². The Morgan fingerprint density at radius 1 is 1.16 bits per heavy atom. The fourth-order valence-electron chi connectivity index (χ4n) is 3.16. The molecule has 1 saturated carbocycles. The van der Waals surface area contributed by atoms with Crippen LogP contribution >= 0.6 is 0 Å². The number of fused-ring (bicyclic) bond motifs is 1. The summed E-state index contributed by atoms with van der Waals surface area (Å²) >= 11 is 0. The Labute approximate surface area is 182 Å².